The lowest BCUT2D eigenvalue weighted by atomic mass is 10.3. The van der Waals surface area contributed by atoms with Gasteiger partial charge in [-0.2, -0.15) is 0 Å². The molecule has 0 spiro atoms. The number of hydrogen-bond donors (Lipinski definition) is 2. The van der Waals surface area contributed by atoms with Crippen molar-refractivity contribution in [2.24, 2.45) is 0 Å². The van der Waals surface area contributed by atoms with Crippen molar-refractivity contribution in [1.29, 1.82) is 0 Å². The van der Waals surface area contributed by atoms with Gasteiger partial charge < -0.3 is 20.1 Å². The summed E-state index contributed by atoms with van der Waals surface area (Å²) in [5.74, 6) is 1.83. The van der Waals surface area contributed by atoms with Crippen LogP contribution in [0.1, 0.15) is 26.7 Å². The Kier molecular flexibility index (Phi) is 7.81. The Morgan fingerprint density at radius 3 is 2.25 bits per heavy atom. The molecule has 0 bridgehead atoms. The summed E-state index contributed by atoms with van der Waals surface area (Å²) in [6.45, 7) is 7.30. The number of benzene rings is 2. The fourth-order valence-corrected chi connectivity index (χ4v) is 2.28. The van der Waals surface area contributed by atoms with E-state index in [0.717, 1.165) is 55.4 Å². The first-order valence-corrected chi connectivity index (χ1v) is 8.75. The van der Waals surface area contributed by atoms with Gasteiger partial charge in [-0.1, -0.05) is 19.4 Å². The molecule has 0 heterocycles. The second kappa shape index (κ2) is 10.4. The van der Waals surface area contributed by atoms with Crippen LogP contribution in [0.3, 0.4) is 0 Å². The molecular formula is C20H28N2O2. The highest BCUT2D eigenvalue weighted by Gasteiger charge is 1.97. The fourth-order valence-electron chi connectivity index (χ4n) is 2.28. The van der Waals surface area contributed by atoms with Gasteiger partial charge in [0.2, 0.25) is 0 Å². The average Bonchev–Trinajstić information content (AvgIpc) is 2.61. The summed E-state index contributed by atoms with van der Waals surface area (Å²) in [5, 5.41) is 6.79. The van der Waals surface area contributed by atoms with Gasteiger partial charge in [0.25, 0.3) is 0 Å². The van der Waals surface area contributed by atoms with Crippen LogP contribution >= 0.6 is 0 Å². The second-order valence-electron chi connectivity index (χ2n) is 5.54. The van der Waals surface area contributed by atoms with E-state index in [4.69, 9.17) is 9.47 Å². The molecule has 0 saturated carbocycles. The van der Waals surface area contributed by atoms with Gasteiger partial charge >= 0.3 is 0 Å². The summed E-state index contributed by atoms with van der Waals surface area (Å²) >= 11 is 0. The molecule has 0 radical (unpaired) electrons. The van der Waals surface area contributed by atoms with E-state index < -0.39 is 0 Å². The zero-order chi connectivity index (χ0) is 17.0. The average molecular weight is 328 g/mol. The molecule has 4 heteroatoms. The van der Waals surface area contributed by atoms with Crippen LogP contribution in [0.25, 0.3) is 0 Å². The topological polar surface area (TPSA) is 42.5 Å². The molecule has 0 aliphatic carbocycles. The Bertz CT molecular complexity index is 584. The molecule has 2 N–H and O–H groups in total. The lowest BCUT2D eigenvalue weighted by Gasteiger charge is -2.11. The SMILES string of the molecule is CCCCOc1ccc(NCCNc2cccc(OCC)c2)cc1. The van der Waals surface area contributed by atoms with Crippen molar-refractivity contribution in [3.05, 3.63) is 48.5 Å². The van der Waals surface area contributed by atoms with E-state index in [1.165, 1.54) is 0 Å². The Morgan fingerprint density at radius 2 is 1.54 bits per heavy atom. The maximum Gasteiger partial charge on any atom is 0.121 e. The third-order valence-electron chi connectivity index (χ3n) is 3.55. The predicted molar refractivity (Wildman–Crippen MR) is 101 cm³/mol. The largest absolute Gasteiger partial charge is 0.494 e. The van der Waals surface area contributed by atoms with Gasteiger partial charge in [-0.25, -0.2) is 0 Å². The van der Waals surface area contributed by atoms with E-state index in [2.05, 4.69) is 29.7 Å². The van der Waals surface area contributed by atoms with Gasteiger partial charge in [0.15, 0.2) is 0 Å². The lowest BCUT2D eigenvalue weighted by Crippen LogP contribution is -2.13. The second-order valence-corrected chi connectivity index (χ2v) is 5.54. The van der Waals surface area contributed by atoms with Gasteiger partial charge in [-0.05, 0) is 49.7 Å². The minimum atomic E-state index is 0.684. The highest BCUT2D eigenvalue weighted by Crippen LogP contribution is 2.18. The molecule has 130 valence electrons. The summed E-state index contributed by atoms with van der Waals surface area (Å²) in [6, 6.07) is 16.2. The van der Waals surface area contributed by atoms with Crippen molar-refractivity contribution in [2.75, 3.05) is 36.9 Å². The van der Waals surface area contributed by atoms with Crippen LogP contribution in [0.4, 0.5) is 11.4 Å². The monoisotopic (exact) mass is 328 g/mol. The molecule has 0 unspecified atom stereocenters. The summed E-state index contributed by atoms with van der Waals surface area (Å²) in [5.41, 5.74) is 2.17. The van der Waals surface area contributed by atoms with E-state index in [1.807, 2.05) is 43.3 Å². The van der Waals surface area contributed by atoms with Gasteiger partial charge in [0, 0.05) is 30.5 Å². The third kappa shape index (κ3) is 6.41. The van der Waals surface area contributed by atoms with Crippen LogP contribution in [0.5, 0.6) is 11.5 Å². The molecule has 0 aliphatic heterocycles. The van der Waals surface area contributed by atoms with Crippen molar-refractivity contribution >= 4 is 11.4 Å². The molecule has 2 rings (SSSR count). The summed E-state index contributed by atoms with van der Waals surface area (Å²) in [4.78, 5) is 0. The Labute approximate surface area is 145 Å². The first-order chi connectivity index (χ1) is 11.8. The number of anilines is 2. The first kappa shape index (κ1) is 18.0. The van der Waals surface area contributed by atoms with Gasteiger partial charge in [-0.3, -0.25) is 0 Å². The van der Waals surface area contributed by atoms with Crippen molar-refractivity contribution in [3.8, 4) is 11.5 Å². The van der Waals surface area contributed by atoms with E-state index >= 15 is 0 Å². The molecule has 2 aromatic rings. The molecule has 0 fully saturated rings. The Hall–Kier alpha value is -2.36. The molecule has 0 amide bonds. The van der Waals surface area contributed by atoms with E-state index in [1.54, 1.807) is 0 Å². The molecular weight excluding hydrogens is 300 g/mol. The molecule has 24 heavy (non-hydrogen) atoms. The van der Waals surface area contributed by atoms with Crippen LogP contribution in [0, 0.1) is 0 Å². The number of rotatable bonds is 11. The Morgan fingerprint density at radius 1 is 0.792 bits per heavy atom. The maximum atomic E-state index is 5.66. The highest BCUT2D eigenvalue weighted by atomic mass is 16.5. The maximum absolute atomic E-state index is 5.66. The van der Waals surface area contributed by atoms with Crippen LogP contribution in [-0.4, -0.2) is 26.3 Å². The lowest BCUT2D eigenvalue weighted by molar-refractivity contribution is 0.309. The number of nitrogens with one attached hydrogen (secondary N) is 2. The van der Waals surface area contributed by atoms with Crippen molar-refractivity contribution in [2.45, 2.75) is 26.7 Å². The zero-order valence-corrected chi connectivity index (χ0v) is 14.7. The minimum Gasteiger partial charge on any atom is -0.494 e. The molecule has 0 aromatic heterocycles. The van der Waals surface area contributed by atoms with Crippen molar-refractivity contribution in [3.63, 3.8) is 0 Å². The van der Waals surface area contributed by atoms with E-state index in [-0.39, 0.29) is 0 Å². The van der Waals surface area contributed by atoms with Crippen molar-refractivity contribution in [1.82, 2.24) is 0 Å². The molecule has 0 saturated heterocycles. The standard InChI is InChI=1S/C20H28N2O2/c1-3-5-15-24-19-11-9-17(10-12-19)21-13-14-22-18-7-6-8-20(16-18)23-4-2/h6-12,16,21-22H,3-5,13-15H2,1-2H3. The van der Waals surface area contributed by atoms with Crippen molar-refractivity contribution < 1.29 is 9.47 Å². The number of hydrogen-bond acceptors (Lipinski definition) is 4. The smallest absolute Gasteiger partial charge is 0.121 e. The van der Waals surface area contributed by atoms with Crippen LogP contribution in [0.15, 0.2) is 48.5 Å². The van der Waals surface area contributed by atoms with Gasteiger partial charge in [-0.15, -0.1) is 0 Å². The predicted octanol–water partition coefficient (Wildman–Crippen LogP) is 4.79. The zero-order valence-electron chi connectivity index (χ0n) is 14.7. The summed E-state index contributed by atoms with van der Waals surface area (Å²) < 4.78 is 11.2. The third-order valence-corrected chi connectivity index (χ3v) is 3.55. The normalized spacial score (nSPS) is 10.2. The van der Waals surface area contributed by atoms with Gasteiger partial charge in [0.1, 0.15) is 11.5 Å². The quantitative estimate of drug-likeness (QED) is 0.582. The van der Waals surface area contributed by atoms with Gasteiger partial charge in [0.05, 0.1) is 13.2 Å². The minimum absolute atomic E-state index is 0.684. The highest BCUT2D eigenvalue weighted by molar-refractivity contribution is 5.49. The molecule has 0 atom stereocenters. The number of unbranched alkanes of at least 4 members (excludes halogenated alkanes) is 1. The molecule has 2 aromatic carbocycles. The number of ether oxygens (including phenoxy) is 2. The summed E-state index contributed by atoms with van der Waals surface area (Å²) in [6.07, 6.45) is 2.25. The van der Waals surface area contributed by atoms with E-state index in [0.29, 0.717) is 6.61 Å². The molecule has 0 aliphatic rings. The van der Waals surface area contributed by atoms with Crippen LogP contribution < -0.4 is 20.1 Å². The fraction of sp³-hybridized carbons (Fsp3) is 0.400. The Balaban J connectivity index is 1.69. The van der Waals surface area contributed by atoms with Crippen LogP contribution in [-0.2, 0) is 0 Å². The van der Waals surface area contributed by atoms with Crippen LogP contribution in [0.2, 0.25) is 0 Å². The molecule has 4 nitrogen and oxygen atoms in total. The van der Waals surface area contributed by atoms with E-state index in [9.17, 15) is 0 Å². The summed E-state index contributed by atoms with van der Waals surface area (Å²) in [7, 11) is 0. The first-order valence-electron chi connectivity index (χ1n) is 8.75.